The molecule has 5 aromatic rings. The second kappa shape index (κ2) is 23.1. The SMILES string of the molecule is COc1ccc(COC(=O)C2=C(CCl)CS[C@H]3[C@H](NC(=O)/C(=N\O[C@@H](C(=O)OC(c4ccccc4)c4ccccc4)c4ccc(OC(C)=O)c(OC(C)=O)c4)c4nsc(C(=O)OC(C)(C)C)n4)C(=O)N23)cc1. The highest BCUT2D eigenvalue weighted by atomic mass is 35.5. The molecule has 0 aliphatic carbocycles. The summed E-state index contributed by atoms with van der Waals surface area (Å²) in [5.41, 5.74) is 0.482. The second-order valence-corrected chi connectivity index (χ2v) is 18.9. The fraction of sp³-hybridized carbons (Fsp3) is 0.280. The Labute approximate surface area is 425 Å². The van der Waals surface area contributed by atoms with Crippen LogP contribution in [0.5, 0.6) is 17.2 Å². The van der Waals surface area contributed by atoms with Gasteiger partial charge in [-0.25, -0.2) is 19.4 Å². The molecular formula is C50H46ClN5O14S2. The molecule has 0 saturated carbocycles. The molecule has 1 N–H and O–H groups in total. The van der Waals surface area contributed by atoms with Crippen molar-refractivity contribution in [2.75, 3.05) is 18.7 Å². The average molecular weight is 1040 g/mol. The molecule has 7 rings (SSSR count). The van der Waals surface area contributed by atoms with E-state index in [-0.39, 0.29) is 46.0 Å². The van der Waals surface area contributed by atoms with E-state index in [4.69, 9.17) is 44.9 Å². The van der Waals surface area contributed by atoms with Crippen LogP contribution in [0, 0.1) is 0 Å². The molecule has 19 nitrogen and oxygen atoms in total. The lowest BCUT2D eigenvalue weighted by Crippen LogP contribution is -2.71. The Kier molecular flexibility index (Phi) is 16.7. The third-order valence-electron chi connectivity index (χ3n) is 10.3. The minimum Gasteiger partial charge on any atom is -0.497 e. The molecular weight excluding hydrogens is 994 g/mol. The minimum atomic E-state index is -1.88. The van der Waals surface area contributed by atoms with E-state index in [1.54, 1.807) is 106 Å². The number of rotatable bonds is 18. The van der Waals surface area contributed by atoms with Crippen LogP contribution in [0.15, 0.2) is 120 Å². The first-order chi connectivity index (χ1) is 34.4. The minimum absolute atomic E-state index is 0.0586. The number of carbonyl (C=O) groups is 7. The normalized spacial score (nSPS) is 15.9. The maximum atomic E-state index is 14.7. The number of hydrogen-bond donors (Lipinski definition) is 1. The van der Waals surface area contributed by atoms with Crippen molar-refractivity contribution in [2.45, 2.75) is 70.5 Å². The second-order valence-electron chi connectivity index (χ2n) is 16.8. The maximum absolute atomic E-state index is 14.7. The number of amides is 2. The lowest BCUT2D eigenvalue weighted by atomic mass is 10.0. The van der Waals surface area contributed by atoms with Gasteiger partial charge in [-0.15, -0.1) is 23.4 Å². The largest absolute Gasteiger partial charge is 0.497 e. The zero-order valence-electron chi connectivity index (χ0n) is 39.4. The quantitative estimate of drug-likeness (QED) is 0.0181. The van der Waals surface area contributed by atoms with Gasteiger partial charge in [-0.2, -0.15) is 4.37 Å². The number of hydrogen-bond acceptors (Lipinski definition) is 19. The summed E-state index contributed by atoms with van der Waals surface area (Å²) in [6.45, 7) is 7.06. The van der Waals surface area contributed by atoms with Crippen LogP contribution >= 0.6 is 34.9 Å². The molecule has 4 aromatic carbocycles. The fourth-order valence-electron chi connectivity index (χ4n) is 7.10. The molecule has 0 unspecified atom stereocenters. The van der Waals surface area contributed by atoms with E-state index < -0.39 is 82.4 Å². The predicted octanol–water partition coefficient (Wildman–Crippen LogP) is 6.78. The molecule has 1 saturated heterocycles. The van der Waals surface area contributed by atoms with Gasteiger partial charge in [-0.05, 0) is 78.8 Å². The first-order valence-electron chi connectivity index (χ1n) is 21.9. The van der Waals surface area contributed by atoms with Gasteiger partial charge in [0.05, 0.1) is 7.11 Å². The summed E-state index contributed by atoms with van der Waals surface area (Å²) in [5, 5.41) is 5.65. The van der Waals surface area contributed by atoms with Gasteiger partial charge >= 0.3 is 29.8 Å². The van der Waals surface area contributed by atoms with E-state index in [0.29, 0.717) is 39.5 Å². The number of carbonyl (C=O) groups excluding carboxylic acids is 7. The predicted molar refractivity (Wildman–Crippen MR) is 261 cm³/mol. The van der Waals surface area contributed by atoms with E-state index in [1.807, 2.05) is 0 Å². The highest BCUT2D eigenvalue weighted by molar-refractivity contribution is 8.00. The van der Waals surface area contributed by atoms with Crippen LogP contribution in [0.4, 0.5) is 0 Å². The van der Waals surface area contributed by atoms with Crippen molar-refractivity contribution in [1.29, 1.82) is 0 Å². The van der Waals surface area contributed by atoms with Gasteiger partial charge in [0.2, 0.25) is 22.6 Å². The summed E-state index contributed by atoms with van der Waals surface area (Å²) >= 11 is 8.07. The Balaban J connectivity index is 1.24. The lowest BCUT2D eigenvalue weighted by Gasteiger charge is -2.49. The summed E-state index contributed by atoms with van der Waals surface area (Å²) in [7, 11) is 1.52. The highest BCUT2D eigenvalue weighted by Gasteiger charge is 2.55. The third kappa shape index (κ3) is 12.6. The Morgan fingerprint density at radius 2 is 1.49 bits per heavy atom. The van der Waals surface area contributed by atoms with Crippen LogP contribution in [0.3, 0.4) is 0 Å². The molecule has 0 bridgehead atoms. The highest BCUT2D eigenvalue weighted by Crippen LogP contribution is 2.41. The molecule has 2 aliphatic rings. The van der Waals surface area contributed by atoms with Gasteiger partial charge in [0, 0.05) is 31.0 Å². The number of alkyl halides is 1. The first kappa shape index (κ1) is 52.2. The Bertz CT molecular complexity index is 2890. The zero-order chi connectivity index (χ0) is 51.7. The van der Waals surface area contributed by atoms with Gasteiger partial charge in [0.15, 0.2) is 17.6 Å². The molecule has 72 heavy (non-hydrogen) atoms. The summed E-state index contributed by atoms with van der Waals surface area (Å²) in [4.78, 5) is 106. The number of nitrogens with one attached hydrogen (secondary N) is 1. The van der Waals surface area contributed by atoms with Gasteiger partial charge in [-0.1, -0.05) is 84.0 Å². The number of esters is 5. The van der Waals surface area contributed by atoms with E-state index in [2.05, 4.69) is 19.8 Å². The Morgan fingerprint density at radius 3 is 2.08 bits per heavy atom. The lowest BCUT2D eigenvalue weighted by molar-refractivity contribution is -0.162. The molecule has 2 aliphatic heterocycles. The number of thioether (sulfide) groups is 1. The topological polar surface area (TPSA) is 238 Å². The van der Waals surface area contributed by atoms with Crippen LogP contribution in [-0.2, 0) is 54.4 Å². The van der Waals surface area contributed by atoms with Crippen molar-refractivity contribution in [3.05, 3.63) is 147 Å². The van der Waals surface area contributed by atoms with Crippen molar-refractivity contribution in [3.8, 4) is 17.2 Å². The molecule has 2 amide bonds. The summed E-state index contributed by atoms with van der Waals surface area (Å²) in [6.07, 6.45) is -2.89. The van der Waals surface area contributed by atoms with Crippen LogP contribution in [0.2, 0.25) is 0 Å². The first-order valence-corrected chi connectivity index (χ1v) is 24.3. The van der Waals surface area contributed by atoms with Crippen molar-refractivity contribution in [3.63, 3.8) is 0 Å². The summed E-state index contributed by atoms with van der Waals surface area (Å²) in [6, 6.07) is 27.0. The number of halogens is 1. The number of ether oxygens (including phenoxy) is 6. The maximum Gasteiger partial charge on any atom is 0.369 e. The molecule has 3 atom stereocenters. The van der Waals surface area contributed by atoms with E-state index in [9.17, 15) is 33.6 Å². The molecule has 1 aromatic heterocycles. The number of nitrogens with zero attached hydrogens (tertiary/aromatic N) is 4. The van der Waals surface area contributed by atoms with Crippen molar-refractivity contribution >= 4 is 82.3 Å². The number of aromatic nitrogens is 2. The molecule has 3 heterocycles. The molecule has 0 spiro atoms. The zero-order valence-corrected chi connectivity index (χ0v) is 41.8. The van der Waals surface area contributed by atoms with Gasteiger partial charge < -0.3 is 38.6 Å². The number of benzene rings is 4. The average Bonchev–Trinajstić information content (AvgIpc) is 3.85. The number of fused-ring (bicyclic) bond motifs is 1. The molecule has 0 radical (unpaired) electrons. The number of methoxy groups -OCH3 is 1. The van der Waals surface area contributed by atoms with E-state index in [0.717, 1.165) is 13.8 Å². The Hall–Kier alpha value is -7.62. The third-order valence-corrected chi connectivity index (χ3v) is 12.7. The monoisotopic (exact) mass is 1040 g/mol. The standard InChI is InChI=1S/C50H46ClN5O14S2/c1-27(57)66-35-22-19-32(23-36(35)67-28(2)58)41(48(62)68-40(30-13-9-7-10-14-30)31-15-11-8-12-16-31)70-54-37(42-53-44(72-55-42)49(63)69-50(3,4)5)43(59)52-38-45(60)56-39(33(24-51)26-71-46(38)56)47(61)65-25-29-17-20-34(64-6)21-18-29/h7-23,38,40-41,46H,24-26H2,1-6H3,(H,52,59)/b54-37-/t38-,41-,46+/m1/s1. The van der Waals surface area contributed by atoms with E-state index >= 15 is 0 Å². The molecule has 1 fully saturated rings. The summed E-state index contributed by atoms with van der Waals surface area (Å²) in [5.74, 6) is -6.27. The summed E-state index contributed by atoms with van der Waals surface area (Å²) < 4.78 is 37.3. The number of oxime groups is 1. The van der Waals surface area contributed by atoms with Gasteiger partial charge in [0.25, 0.3) is 11.8 Å². The van der Waals surface area contributed by atoms with Crippen molar-refractivity contribution < 1.29 is 66.8 Å². The molecule has 22 heteroatoms. The number of β-lactam (4-membered cyclic amide) rings is 1. The van der Waals surface area contributed by atoms with Crippen LogP contribution in [0.25, 0.3) is 0 Å². The smallest absolute Gasteiger partial charge is 0.369 e. The van der Waals surface area contributed by atoms with Crippen LogP contribution in [0.1, 0.15) is 84.7 Å². The molecule has 374 valence electrons. The Morgan fingerprint density at radius 1 is 0.847 bits per heavy atom. The van der Waals surface area contributed by atoms with Crippen molar-refractivity contribution in [1.82, 2.24) is 19.6 Å². The fourth-order valence-corrected chi connectivity index (χ4v) is 9.32. The van der Waals surface area contributed by atoms with Crippen molar-refractivity contribution in [2.24, 2.45) is 5.16 Å². The van der Waals surface area contributed by atoms with Crippen LogP contribution < -0.4 is 19.5 Å². The van der Waals surface area contributed by atoms with Gasteiger partial charge in [0.1, 0.15) is 35.1 Å². The van der Waals surface area contributed by atoms with E-state index in [1.165, 1.54) is 42.0 Å². The van der Waals surface area contributed by atoms with Gasteiger partial charge in [-0.3, -0.25) is 24.1 Å². The van der Waals surface area contributed by atoms with Crippen LogP contribution in [-0.4, -0.2) is 97.4 Å².